The molecule has 2 rings (SSSR count). The Balaban J connectivity index is 1.92. The van der Waals surface area contributed by atoms with Gasteiger partial charge in [-0.05, 0) is 38.4 Å². The molecule has 2 N–H and O–H groups in total. The van der Waals surface area contributed by atoms with Crippen LogP contribution in [-0.2, 0) is 0 Å². The number of likely N-dealkylation sites (N-methyl/N-ethyl adjacent to an activating group) is 1. The molecule has 5 nitrogen and oxygen atoms in total. The third-order valence-corrected chi connectivity index (χ3v) is 3.40. The molecule has 0 aliphatic carbocycles. The van der Waals surface area contributed by atoms with Gasteiger partial charge in [-0.25, -0.2) is 4.79 Å². The van der Waals surface area contributed by atoms with Crippen LogP contribution in [0.1, 0.15) is 11.8 Å². The summed E-state index contributed by atoms with van der Waals surface area (Å²) in [6.45, 7) is 0.427. The number of nitrogens with zero attached hydrogens (tertiary/aromatic N) is 1. The van der Waals surface area contributed by atoms with Crippen LogP contribution in [-0.4, -0.2) is 31.6 Å². The number of amides is 2. The van der Waals surface area contributed by atoms with Gasteiger partial charge in [0.15, 0.2) is 0 Å². The lowest BCUT2D eigenvalue weighted by atomic mass is 10.2. The Morgan fingerprint density at radius 3 is 2.67 bits per heavy atom. The summed E-state index contributed by atoms with van der Waals surface area (Å²) in [6.07, 6.45) is 1.62. The van der Waals surface area contributed by atoms with Crippen molar-refractivity contribution < 1.29 is 9.21 Å². The van der Waals surface area contributed by atoms with Gasteiger partial charge in [-0.2, -0.15) is 0 Å². The van der Waals surface area contributed by atoms with Gasteiger partial charge in [-0.15, -0.1) is 0 Å². The van der Waals surface area contributed by atoms with Crippen molar-refractivity contribution >= 4 is 23.3 Å². The van der Waals surface area contributed by atoms with Gasteiger partial charge in [-0.1, -0.05) is 23.7 Å². The Bertz CT molecular complexity index is 584. The first-order chi connectivity index (χ1) is 10.1. The molecule has 0 saturated heterocycles. The van der Waals surface area contributed by atoms with E-state index in [2.05, 4.69) is 10.6 Å². The summed E-state index contributed by atoms with van der Waals surface area (Å²) >= 11 is 6.00. The van der Waals surface area contributed by atoms with Crippen molar-refractivity contribution in [2.75, 3.05) is 26.0 Å². The number of hydrogen-bond donors (Lipinski definition) is 2. The first kappa shape index (κ1) is 15.4. The summed E-state index contributed by atoms with van der Waals surface area (Å²) < 4.78 is 5.39. The Kier molecular flexibility index (Phi) is 5.25. The number of furan rings is 1. The van der Waals surface area contributed by atoms with Crippen LogP contribution in [0.4, 0.5) is 10.5 Å². The SMILES string of the molecule is CN(C)C(CNC(=O)Nc1ccccc1Cl)c1ccco1. The lowest BCUT2D eigenvalue weighted by molar-refractivity contribution is 0.233. The average Bonchev–Trinajstić information content (AvgIpc) is 2.95. The molecule has 1 heterocycles. The van der Waals surface area contributed by atoms with E-state index < -0.39 is 0 Å². The molecule has 1 aromatic heterocycles. The number of para-hydroxylation sites is 1. The second kappa shape index (κ2) is 7.15. The normalized spacial score (nSPS) is 12.2. The quantitative estimate of drug-likeness (QED) is 0.890. The number of anilines is 1. The Hall–Kier alpha value is -1.98. The van der Waals surface area contributed by atoms with E-state index in [1.54, 1.807) is 18.4 Å². The number of urea groups is 1. The van der Waals surface area contributed by atoms with Crippen LogP contribution in [0.15, 0.2) is 47.1 Å². The summed E-state index contributed by atoms with van der Waals surface area (Å²) in [6, 6.07) is 10.5. The minimum absolute atomic E-state index is 0.0306. The fourth-order valence-electron chi connectivity index (χ4n) is 1.94. The molecule has 2 amide bonds. The molecule has 0 bridgehead atoms. The standard InChI is InChI=1S/C15H18ClN3O2/c1-19(2)13(14-8-5-9-21-14)10-17-15(20)18-12-7-4-3-6-11(12)16/h3-9,13H,10H2,1-2H3,(H2,17,18,20). The van der Waals surface area contributed by atoms with E-state index in [0.29, 0.717) is 17.3 Å². The molecule has 1 unspecified atom stereocenters. The molecule has 0 radical (unpaired) electrons. The van der Waals surface area contributed by atoms with E-state index in [1.807, 2.05) is 43.3 Å². The van der Waals surface area contributed by atoms with Crippen molar-refractivity contribution in [2.45, 2.75) is 6.04 Å². The summed E-state index contributed by atoms with van der Waals surface area (Å²) in [5.41, 5.74) is 0.580. The Morgan fingerprint density at radius 1 is 1.29 bits per heavy atom. The first-order valence-corrected chi connectivity index (χ1v) is 6.95. The number of benzene rings is 1. The monoisotopic (exact) mass is 307 g/mol. The highest BCUT2D eigenvalue weighted by Crippen LogP contribution is 2.20. The molecule has 0 spiro atoms. The lowest BCUT2D eigenvalue weighted by Crippen LogP contribution is -2.36. The van der Waals surface area contributed by atoms with E-state index in [0.717, 1.165) is 5.76 Å². The summed E-state index contributed by atoms with van der Waals surface area (Å²) in [7, 11) is 3.86. The maximum atomic E-state index is 11.9. The lowest BCUT2D eigenvalue weighted by Gasteiger charge is -2.22. The molecule has 0 aliphatic rings. The zero-order valence-electron chi connectivity index (χ0n) is 12.0. The number of halogens is 1. The van der Waals surface area contributed by atoms with Gasteiger partial charge in [-0.3, -0.25) is 4.90 Å². The molecule has 0 saturated carbocycles. The Labute approximate surface area is 128 Å². The molecular weight excluding hydrogens is 290 g/mol. The smallest absolute Gasteiger partial charge is 0.319 e. The van der Waals surface area contributed by atoms with Crippen LogP contribution in [0, 0.1) is 0 Å². The van der Waals surface area contributed by atoms with Crippen molar-refractivity contribution in [3.63, 3.8) is 0 Å². The van der Waals surface area contributed by atoms with Gasteiger partial charge in [0, 0.05) is 6.54 Å². The van der Waals surface area contributed by atoms with Crippen molar-refractivity contribution in [1.82, 2.24) is 10.2 Å². The number of carbonyl (C=O) groups excluding carboxylic acids is 1. The second-order valence-electron chi connectivity index (χ2n) is 4.81. The van der Waals surface area contributed by atoms with E-state index in [1.165, 1.54) is 0 Å². The Morgan fingerprint density at radius 2 is 2.05 bits per heavy atom. The van der Waals surface area contributed by atoms with Crippen LogP contribution in [0.3, 0.4) is 0 Å². The van der Waals surface area contributed by atoms with Crippen molar-refractivity contribution in [2.24, 2.45) is 0 Å². The van der Waals surface area contributed by atoms with E-state index in [4.69, 9.17) is 16.0 Å². The maximum Gasteiger partial charge on any atom is 0.319 e. The van der Waals surface area contributed by atoms with Crippen LogP contribution in [0.2, 0.25) is 5.02 Å². The van der Waals surface area contributed by atoms with Gasteiger partial charge >= 0.3 is 6.03 Å². The van der Waals surface area contributed by atoms with Gasteiger partial charge in [0.05, 0.1) is 23.0 Å². The molecule has 0 aliphatic heterocycles. The highest BCUT2D eigenvalue weighted by molar-refractivity contribution is 6.33. The largest absolute Gasteiger partial charge is 0.468 e. The average molecular weight is 308 g/mol. The summed E-state index contributed by atoms with van der Waals surface area (Å²) in [5, 5.41) is 6.04. The minimum atomic E-state index is -0.304. The highest BCUT2D eigenvalue weighted by Gasteiger charge is 2.17. The summed E-state index contributed by atoms with van der Waals surface area (Å²) in [4.78, 5) is 13.9. The minimum Gasteiger partial charge on any atom is -0.468 e. The fraction of sp³-hybridized carbons (Fsp3) is 0.267. The second-order valence-corrected chi connectivity index (χ2v) is 5.22. The molecule has 2 aromatic rings. The van der Waals surface area contributed by atoms with Crippen molar-refractivity contribution in [1.29, 1.82) is 0 Å². The molecule has 6 heteroatoms. The van der Waals surface area contributed by atoms with Crippen LogP contribution >= 0.6 is 11.6 Å². The number of rotatable bonds is 5. The molecule has 1 atom stereocenters. The summed E-state index contributed by atoms with van der Waals surface area (Å²) in [5.74, 6) is 0.804. The predicted molar refractivity (Wildman–Crippen MR) is 83.6 cm³/mol. The van der Waals surface area contributed by atoms with E-state index in [-0.39, 0.29) is 12.1 Å². The van der Waals surface area contributed by atoms with E-state index >= 15 is 0 Å². The van der Waals surface area contributed by atoms with E-state index in [9.17, 15) is 4.79 Å². The molecule has 112 valence electrons. The first-order valence-electron chi connectivity index (χ1n) is 6.57. The highest BCUT2D eigenvalue weighted by atomic mass is 35.5. The predicted octanol–water partition coefficient (Wildman–Crippen LogP) is 3.36. The van der Waals surface area contributed by atoms with Crippen molar-refractivity contribution in [3.05, 3.63) is 53.4 Å². The zero-order valence-corrected chi connectivity index (χ0v) is 12.7. The van der Waals surface area contributed by atoms with Gasteiger partial charge in [0.1, 0.15) is 5.76 Å². The van der Waals surface area contributed by atoms with Gasteiger partial charge in [0.25, 0.3) is 0 Å². The number of hydrogen-bond acceptors (Lipinski definition) is 3. The third kappa shape index (κ3) is 4.24. The molecular formula is C15H18ClN3O2. The maximum absolute atomic E-state index is 11.9. The molecule has 0 fully saturated rings. The van der Waals surface area contributed by atoms with Gasteiger partial charge < -0.3 is 15.1 Å². The van der Waals surface area contributed by atoms with Crippen LogP contribution < -0.4 is 10.6 Å². The number of nitrogens with one attached hydrogen (secondary N) is 2. The van der Waals surface area contributed by atoms with Crippen LogP contribution in [0.25, 0.3) is 0 Å². The number of carbonyl (C=O) groups is 1. The fourth-order valence-corrected chi connectivity index (χ4v) is 2.12. The van der Waals surface area contributed by atoms with Crippen LogP contribution in [0.5, 0.6) is 0 Å². The molecule has 1 aromatic carbocycles. The van der Waals surface area contributed by atoms with Crippen molar-refractivity contribution in [3.8, 4) is 0 Å². The van der Waals surface area contributed by atoms with Gasteiger partial charge in [0.2, 0.25) is 0 Å². The topological polar surface area (TPSA) is 57.5 Å². The molecule has 21 heavy (non-hydrogen) atoms. The zero-order chi connectivity index (χ0) is 15.2. The third-order valence-electron chi connectivity index (χ3n) is 3.07.